The molecule has 4 aliphatic carbocycles. The fourth-order valence-electron chi connectivity index (χ4n) is 7.38. The van der Waals surface area contributed by atoms with E-state index in [1.54, 1.807) is 6.08 Å². The number of hydrogen-bond donors (Lipinski definition) is 2. The average molecular weight is 451 g/mol. The van der Waals surface area contributed by atoms with Crippen LogP contribution in [0.3, 0.4) is 0 Å². The molecule has 3 fully saturated rings. The van der Waals surface area contributed by atoms with Gasteiger partial charge in [0.15, 0.2) is 12.2 Å². The van der Waals surface area contributed by atoms with Gasteiger partial charge in [0, 0.05) is 26.2 Å². The van der Waals surface area contributed by atoms with E-state index in [2.05, 4.69) is 6.92 Å². The number of hydrogen-bond acceptors (Lipinski definition) is 8. The van der Waals surface area contributed by atoms with Gasteiger partial charge in [-0.25, -0.2) is 0 Å². The number of rotatable bonds is 3. The van der Waals surface area contributed by atoms with E-state index < -0.39 is 35.3 Å². The van der Waals surface area contributed by atoms with Crippen LogP contribution in [0, 0.1) is 23.2 Å². The van der Waals surface area contributed by atoms with Gasteiger partial charge in [0.1, 0.15) is 17.3 Å². The predicted octanol–water partition coefficient (Wildman–Crippen LogP) is 2.05. The molecule has 0 bridgehead atoms. The summed E-state index contributed by atoms with van der Waals surface area (Å²) in [5.41, 5.74) is -3.55. The van der Waals surface area contributed by atoms with Gasteiger partial charge in [0.05, 0.1) is 0 Å². The van der Waals surface area contributed by atoms with Gasteiger partial charge in [-0.05, 0) is 62.4 Å². The molecule has 8 nitrogen and oxygen atoms in total. The summed E-state index contributed by atoms with van der Waals surface area (Å²) in [7, 11) is 0. The van der Waals surface area contributed by atoms with Crippen LogP contribution in [0.4, 0.5) is 0 Å². The summed E-state index contributed by atoms with van der Waals surface area (Å²) >= 11 is 0. The van der Waals surface area contributed by atoms with Gasteiger partial charge in [-0.2, -0.15) is 0 Å². The van der Waals surface area contributed by atoms with E-state index in [4.69, 9.17) is 14.2 Å². The molecular weight excluding hydrogens is 416 g/mol. The Hall–Kier alpha value is -1.93. The highest BCUT2D eigenvalue weighted by atomic mass is 16.6. The van der Waals surface area contributed by atoms with Crippen LogP contribution in [0.25, 0.3) is 0 Å². The number of ether oxygens (including phenoxy) is 3. The molecule has 0 saturated heterocycles. The van der Waals surface area contributed by atoms with E-state index >= 15 is 0 Å². The Labute approximate surface area is 188 Å². The van der Waals surface area contributed by atoms with E-state index in [1.165, 1.54) is 26.8 Å². The average Bonchev–Trinajstić information content (AvgIpc) is 3.01. The Balaban J connectivity index is 1.67. The summed E-state index contributed by atoms with van der Waals surface area (Å²) in [5.74, 6) is -1.31. The Kier molecular flexibility index (Phi) is 5.69. The molecule has 0 radical (unpaired) electrons. The molecule has 0 spiro atoms. The van der Waals surface area contributed by atoms with Gasteiger partial charge in [0.2, 0.25) is 0 Å². The van der Waals surface area contributed by atoms with Crippen LogP contribution >= 0.6 is 0 Å². The van der Waals surface area contributed by atoms with Crippen molar-refractivity contribution in [3.63, 3.8) is 0 Å². The molecule has 8 heteroatoms. The molecule has 0 aromatic heterocycles. The topological polar surface area (TPSA) is 119 Å². The first-order chi connectivity index (χ1) is 14.9. The third-order valence-corrected chi connectivity index (χ3v) is 8.68. The second-order valence-corrected chi connectivity index (χ2v) is 10.3. The second-order valence-electron chi connectivity index (χ2n) is 10.3. The van der Waals surface area contributed by atoms with Crippen LogP contribution in [-0.2, 0) is 28.6 Å². The van der Waals surface area contributed by atoms with Gasteiger partial charge in [-0.3, -0.25) is 14.4 Å². The van der Waals surface area contributed by atoms with E-state index in [9.17, 15) is 24.6 Å². The highest BCUT2D eigenvalue weighted by Gasteiger charge is 2.69. The fraction of sp³-hybridized carbons (Fsp3) is 0.792. The lowest BCUT2D eigenvalue weighted by Crippen LogP contribution is -2.73. The minimum Gasteiger partial charge on any atom is -0.462 e. The van der Waals surface area contributed by atoms with Gasteiger partial charge in [0.25, 0.3) is 0 Å². The molecule has 0 unspecified atom stereocenters. The van der Waals surface area contributed by atoms with Crippen molar-refractivity contribution in [2.45, 2.75) is 95.7 Å². The maximum absolute atomic E-state index is 11.9. The van der Waals surface area contributed by atoms with Gasteiger partial charge < -0.3 is 24.4 Å². The van der Waals surface area contributed by atoms with Crippen LogP contribution in [0.2, 0.25) is 0 Å². The first kappa shape index (κ1) is 23.2. The zero-order valence-electron chi connectivity index (χ0n) is 19.2. The van der Waals surface area contributed by atoms with E-state index in [0.717, 1.165) is 19.3 Å². The Morgan fingerprint density at radius 2 is 1.50 bits per heavy atom. The zero-order valence-corrected chi connectivity index (χ0v) is 19.2. The number of carbonyl (C=O) groups is 3. The predicted molar refractivity (Wildman–Crippen MR) is 112 cm³/mol. The molecule has 4 rings (SSSR count). The monoisotopic (exact) mass is 450 g/mol. The van der Waals surface area contributed by atoms with E-state index in [1.807, 2.05) is 0 Å². The van der Waals surface area contributed by atoms with Gasteiger partial charge >= 0.3 is 17.9 Å². The maximum Gasteiger partial charge on any atom is 0.303 e. The van der Waals surface area contributed by atoms with E-state index in [0.29, 0.717) is 12.8 Å². The molecule has 0 amide bonds. The lowest BCUT2D eigenvalue weighted by Gasteiger charge is -2.62. The molecule has 32 heavy (non-hydrogen) atoms. The normalized spacial score (nSPS) is 46.9. The maximum atomic E-state index is 11.9. The largest absolute Gasteiger partial charge is 0.462 e. The summed E-state index contributed by atoms with van der Waals surface area (Å²) in [4.78, 5) is 35.1. The van der Waals surface area contributed by atoms with Crippen molar-refractivity contribution in [3.05, 3.63) is 12.2 Å². The fourth-order valence-corrected chi connectivity index (χ4v) is 7.38. The quantitative estimate of drug-likeness (QED) is 0.381. The van der Waals surface area contributed by atoms with Crippen molar-refractivity contribution < 1.29 is 38.8 Å². The van der Waals surface area contributed by atoms with Crippen molar-refractivity contribution in [1.82, 2.24) is 0 Å². The Morgan fingerprint density at radius 1 is 0.844 bits per heavy atom. The molecule has 0 aromatic rings. The third-order valence-electron chi connectivity index (χ3n) is 8.68. The van der Waals surface area contributed by atoms with Gasteiger partial charge in [-0.15, -0.1) is 0 Å². The molecule has 0 aromatic carbocycles. The first-order valence-corrected chi connectivity index (χ1v) is 11.6. The summed E-state index contributed by atoms with van der Waals surface area (Å²) in [6, 6.07) is 0. The standard InChI is InChI=1S/C24H34O8/c1-13(25)30-19-9-12-23(28)18-8-10-22(4)17(5-6-20(22)31-14(2)26)16(18)7-11-24(23,29)21(19)32-15(3)27/h9,12,16-21,28-29H,5-8,10-11H2,1-4H3/t16-,17-,18-,19-,20-,21-,22-,23-,24-/m0/s1. The minimum atomic E-state index is -1.77. The zero-order chi connectivity index (χ0) is 23.5. The number of esters is 3. The molecular formula is C24H34O8. The molecule has 3 saturated carbocycles. The SMILES string of the molecule is CC(=O)O[C@H]1C=C[C@]2(O)[C@H]3CC[C@]4(C)[C@@H](OC(C)=O)CC[C@H]4[C@@H]3CC[C@]2(O)[C@H]1OC(C)=O. The Bertz CT molecular complexity index is 838. The van der Waals surface area contributed by atoms with Crippen molar-refractivity contribution in [2.24, 2.45) is 23.2 Å². The number of aliphatic hydroxyl groups is 2. The molecule has 9 atom stereocenters. The molecule has 2 N–H and O–H groups in total. The highest BCUT2D eigenvalue weighted by molar-refractivity contribution is 5.68. The summed E-state index contributed by atoms with van der Waals surface area (Å²) in [6.45, 7) is 6.10. The summed E-state index contributed by atoms with van der Waals surface area (Å²) < 4.78 is 16.4. The van der Waals surface area contributed by atoms with Crippen molar-refractivity contribution >= 4 is 17.9 Å². The van der Waals surface area contributed by atoms with E-state index in [-0.39, 0.29) is 41.7 Å². The van der Waals surface area contributed by atoms with Crippen LogP contribution in [-0.4, -0.2) is 57.6 Å². The molecule has 4 aliphatic rings. The van der Waals surface area contributed by atoms with Gasteiger partial charge in [-0.1, -0.05) is 13.0 Å². The minimum absolute atomic E-state index is 0.132. The second kappa shape index (κ2) is 7.83. The summed E-state index contributed by atoms with van der Waals surface area (Å²) in [6.07, 6.45) is 4.74. The number of carbonyl (C=O) groups excluding carboxylic acids is 3. The molecule has 0 heterocycles. The van der Waals surface area contributed by atoms with Crippen LogP contribution in [0.15, 0.2) is 12.2 Å². The highest BCUT2D eigenvalue weighted by Crippen LogP contribution is 2.64. The van der Waals surface area contributed by atoms with Crippen molar-refractivity contribution in [1.29, 1.82) is 0 Å². The number of fused-ring (bicyclic) bond motifs is 5. The third kappa shape index (κ3) is 3.37. The molecule has 0 aliphatic heterocycles. The van der Waals surface area contributed by atoms with Crippen molar-refractivity contribution in [2.75, 3.05) is 0 Å². The van der Waals surface area contributed by atoms with Crippen LogP contribution < -0.4 is 0 Å². The lowest BCUT2D eigenvalue weighted by molar-refractivity contribution is -0.271. The molecule has 178 valence electrons. The first-order valence-electron chi connectivity index (χ1n) is 11.6. The van der Waals surface area contributed by atoms with Crippen molar-refractivity contribution in [3.8, 4) is 0 Å². The Morgan fingerprint density at radius 3 is 2.12 bits per heavy atom. The summed E-state index contributed by atoms with van der Waals surface area (Å²) in [5, 5.41) is 23.8. The van der Waals surface area contributed by atoms with Crippen LogP contribution in [0.1, 0.15) is 66.2 Å². The smallest absolute Gasteiger partial charge is 0.303 e. The van der Waals surface area contributed by atoms with Crippen LogP contribution in [0.5, 0.6) is 0 Å². The lowest BCUT2D eigenvalue weighted by atomic mass is 9.48.